The maximum Gasteiger partial charge on any atom is 0.202 e. The molecule has 228 valence electrons. The monoisotopic (exact) mass is 612 g/mol. The normalized spacial score (nSPS) is 20.9. The van der Waals surface area contributed by atoms with Gasteiger partial charge in [-0.15, -0.1) is 0 Å². The lowest BCUT2D eigenvalue weighted by Gasteiger charge is -2.34. The zero-order valence-electron chi connectivity index (χ0n) is 25.8. The van der Waals surface area contributed by atoms with Crippen LogP contribution in [0.2, 0.25) is 0 Å². The van der Waals surface area contributed by atoms with E-state index in [1.807, 2.05) is 0 Å². The van der Waals surface area contributed by atoms with E-state index in [-0.39, 0.29) is 12.4 Å². The van der Waals surface area contributed by atoms with Crippen LogP contribution in [0.1, 0.15) is 28.7 Å². The van der Waals surface area contributed by atoms with Crippen LogP contribution in [0.15, 0.2) is 133 Å². The molecule has 3 aliphatic rings. The minimum atomic E-state index is -0.522. The Labute approximate surface area is 273 Å². The lowest BCUT2D eigenvalue weighted by molar-refractivity contribution is -0.165. The molecule has 0 aromatic heterocycles. The molecule has 0 N–H and O–H groups in total. The van der Waals surface area contributed by atoms with Gasteiger partial charge in [-0.25, -0.2) is 0 Å². The van der Waals surface area contributed by atoms with Crippen molar-refractivity contribution in [3.63, 3.8) is 0 Å². The Morgan fingerprint density at radius 3 is 1.98 bits per heavy atom. The van der Waals surface area contributed by atoms with Gasteiger partial charge in [0, 0.05) is 6.42 Å². The SMILES string of the molecule is c1ccc2c(c1)-c1c(ccc3ccccc13)C2(c1ccc2cc(OCC3CO3)ccc2c1)c1ccc2cc(OC3CCO3)ccc2c1. The minimum absolute atomic E-state index is 0.140. The molecule has 4 heteroatoms. The molecule has 2 fully saturated rings. The Kier molecular flexibility index (Phi) is 5.99. The van der Waals surface area contributed by atoms with E-state index in [4.69, 9.17) is 18.9 Å². The summed E-state index contributed by atoms with van der Waals surface area (Å²) in [7, 11) is 0. The number of fused-ring (bicyclic) bond motifs is 7. The molecule has 2 aliphatic heterocycles. The van der Waals surface area contributed by atoms with Crippen molar-refractivity contribution in [1.29, 1.82) is 0 Å². The van der Waals surface area contributed by atoms with Crippen molar-refractivity contribution >= 4 is 32.3 Å². The van der Waals surface area contributed by atoms with Crippen molar-refractivity contribution in [2.75, 3.05) is 19.8 Å². The maximum atomic E-state index is 6.05. The fourth-order valence-electron chi connectivity index (χ4n) is 7.73. The highest BCUT2D eigenvalue weighted by molar-refractivity contribution is 6.04. The van der Waals surface area contributed by atoms with Gasteiger partial charge < -0.3 is 18.9 Å². The molecule has 47 heavy (non-hydrogen) atoms. The molecule has 2 saturated heterocycles. The fraction of sp³-hybridized carbons (Fsp3) is 0.163. The first kappa shape index (κ1) is 27.0. The number of hydrogen-bond donors (Lipinski definition) is 0. The molecule has 0 saturated carbocycles. The molecule has 0 spiro atoms. The molecule has 0 radical (unpaired) electrons. The molecule has 2 heterocycles. The zero-order valence-corrected chi connectivity index (χ0v) is 25.8. The summed E-state index contributed by atoms with van der Waals surface area (Å²) in [6, 6.07) is 49.0. The van der Waals surface area contributed by atoms with E-state index in [0.717, 1.165) is 41.9 Å². The smallest absolute Gasteiger partial charge is 0.202 e. The number of benzene rings is 7. The minimum Gasteiger partial charge on any atom is -0.491 e. The third-order valence-electron chi connectivity index (χ3n) is 10.2. The highest BCUT2D eigenvalue weighted by Crippen LogP contribution is 2.58. The second-order valence-electron chi connectivity index (χ2n) is 12.9. The molecule has 4 nitrogen and oxygen atoms in total. The highest BCUT2D eigenvalue weighted by Gasteiger charge is 2.46. The lowest BCUT2D eigenvalue weighted by Crippen LogP contribution is -2.32. The summed E-state index contributed by atoms with van der Waals surface area (Å²) >= 11 is 0. The van der Waals surface area contributed by atoms with Gasteiger partial charge in [0.05, 0.1) is 18.6 Å². The molecule has 3 unspecified atom stereocenters. The number of hydrogen-bond acceptors (Lipinski definition) is 4. The van der Waals surface area contributed by atoms with Gasteiger partial charge in [0.25, 0.3) is 0 Å². The van der Waals surface area contributed by atoms with Crippen LogP contribution in [-0.2, 0) is 14.9 Å². The molecule has 7 aromatic carbocycles. The van der Waals surface area contributed by atoms with E-state index in [9.17, 15) is 0 Å². The summed E-state index contributed by atoms with van der Waals surface area (Å²) in [5.74, 6) is 1.72. The fourth-order valence-corrected chi connectivity index (χ4v) is 7.73. The summed E-state index contributed by atoms with van der Waals surface area (Å²) in [5, 5.41) is 7.20. The molecule has 10 rings (SSSR count). The average molecular weight is 613 g/mol. The van der Waals surface area contributed by atoms with Crippen molar-refractivity contribution in [2.24, 2.45) is 0 Å². The Hall–Kier alpha value is -5.16. The van der Waals surface area contributed by atoms with Gasteiger partial charge in [-0.1, -0.05) is 97.1 Å². The van der Waals surface area contributed by atoms with Gasteiger partial charge in [-0.3, -0.25) is 0 Å². The molecular formula is C43H32O4. The number of ether oxygens (including phenoxy) is 4. The van der Waals surface area contributed by atoms with E-state index in [2.05, 4.69) is 133 Å². The van der Waals surface area contributed by atoms with Crippen LogP contribution in [0.25, 0.3) is 43.4 Å². The second-order valence-corrected chi connectivity index (χ2v) is 12.9. The second kappa shape index (κ2) is 10.4. The zero-order chi connectivity index (χ0) is 31.0. The standard InChI is InChI=1S/C43H32O4/c1-2-6-37-27(5-1)13-18-40-42(37)38-7-3-4-8-39(38)43(40,32-14-9-30-23-34(16-11-28(30)21-32)45-25-36-26-46-36)33-15-10-31-24-35(17-12-29(31)22-33)47-41-19-20-44-41/h1-18,21-24,36,41H,19-20,25-26H2. The van der Waals surface area contributed by atoms with Gasteiger partial charge >= 0.3 is 0 Å². The van der Waals surface area contributed by atoms with Crippen LogP contribution in [0.5, 0.6) is 11.5 Å². The summed E-state index contributed by atoms with van der Waals surface area (Å²) in [6.45, 7) is 2.15. The summed E-state index contributed by atoms with van der Waals surface area (Å²) in [5.41, 5.74) is 7.17. The van der Waals surface area contributed by atoms with Crippen molar-refractivity contribution in [2.45, 2.75) is 24.2 Å². The van der Waals surface area contributed by atoms with E-state index in [0.29, 0.717) is 6.61 Å². The Morgan fingerprint density at radius 2 is 1.23 bits per heavy atom. The molecule has 1 aliphatic carbocycles. The van der Waals surface area contributed by atoms with E-state index < -0.39 is 5.41 Å². The van der Waals surface area contributed by atoms with Crippen LogP contribution in [0, 0.1) is 0 Å². The first-order valence-corrected chi connectivity index (χ1v) is 16.5. The van der Waals surface area contributed by atoms with Gasteiger partial charge in [0.1, 0.15) is 24.2 Å². The molecular weight excluding hydrogens is 580 g/mol. The van der Waals surface area contributed by atoms with Crippen LogP contribution < -0.4 is 9.47 Å². The van der Waals surface area contributed by atoms with E-state index in [1.54, 1.807) is 0 Å². The van der Waals surface area contributed by atoms with Crippen LogP contribution in [-0.4, -0.2) is 32.2 Å². The summed E-state index contributed by atoms with van der Waals surface area (Å²) in [6.07, 6.45) is 1.02. The lowest BCUT2D eigenvalue weighted by atomic mass is 9.67. The van der Waals surface area contributed by atoms with Gasteiger partial charge in [-0.05, 0) is 102 Å². The number of epoxide rings is 1. The van der Waals surface area contributed by atoms with Gasteiger partial charge in [0.2, 0.25) is 6.29 Å². The molecule has 0 bridgehead atoms. The summed E-state index contributed by atoms with van der Waals surface area (Å²) in [4.78, 5) is 0. The molecule has 3 atom stereocenters. The first-order valence-electron chi connectivity index (χ1n) is 16.5. The third-order valence-corrected chi connectivity index (χ3v) is 10.2. The van der Waals surface area contributed by atoms with Gasteiger partial charge in [0.15, 0.2) is 0 Å². The van der Waals surface area contributed by atoms with Crippen LogP contribution >= 0.6 is 0 Å². The van der Waals surface area contributed by atoms with Crippen molar-refractivity contribution < 1.29 is 18.9 Å². The molecule has 0 amide bonds. The third kappa shape index (κ3) is 4.29. The molecule has 7 aromatic rings. The van der Waals surface area contributed by atoms with Crippen LogP contribution in [0.4, 0.5) is 0 Å². The Morgan fingerprint density at radius 1 is 0.596 bits per heavy atom. The summed E-state index contributed by atoms with van der Waals surface area (Å²) < 4.78 is 22.9. The predicted molar refractivity (Wildman–Crippen MR) is 186 cm³/mol. The Balaban J connectivity index is 1.20. The van der Waals surface area contributed by atoms with Crippen molar-refractivity contribution in [3.8, 4) is 22.6 Å². The van der Waals surface area contributed by atoms with Gasteiger partial charge in [-0.2, -0.15) is 0 Å². The van der Waals surface area contributed by atoms with Crippen molar-refractivity contribution in [1.82, 2.24) is 0 Å². The highest BCUT2D eigenvalue weighted by atomic mass is 16.7. The number of rotatable bonds is 7. The van der Waals surface area contributed by atoms with E-state index >= 15 is 0 Å². The predicted octanol–water partition coefficient (Wildman–Crippen LogP) is 9.41. The van der Waals surface area contributed by atoms with E-state index in [1.165, 1.54) is 54.9 Å². The average Bonchev–Trinajstić information content (AvgIpc) is 3.89. The van der Waals surface area contributed by atoms with Crippen molar-refractivity contribution in [3.05, 3.63) is 156 Å². The topological polar surface area (TPSA) is 40.2 Å². The Bertz CT molecular complexity index is 2350. The van der Waals surface area contributed by atoms with Crippen LogP contribution in [0.3, 0.4) is 0 Å². The largest absolute Gasteiger partial charge is 0.491 e. The first-order chi connectivity index (χ1) is 23.2. The quantitative estimate of drug-likeness (QED) is 0.168. The maximum absolute atomic E-state index is 6.05.